The average molecular weight is 261 g/mol. The summed E-state index contributed by atoms with van der Waals surface area (Å²) in [5, 5.41) is 3.90. The van der Waals surface area contributed by atoms with Crippen molar-refractivity contribution in [2.24, 2.45) is 47.3 Å². The van der Waals surface area contributed by atoms with Crippen LogP contribution in [0.3, 0.4) is 0 Å². The maximum absolute atomic E-state index is 3.90. The molecule has 1 nitrogen and oxygen atoms in total. The van der Waals surface area contributed by atoms with Crippen molar-refractivity contribution in [3.63, 3.8) is 0 Å². The second-order valence-electron chi connectivity index (χ2n) is 8.37. The molecule has 0 aromatic carbocycles. The van der Waals surface area contributed by atoms with E-state index in [0.29, 0.717) is 0 Å². The van der Waals surface area contributed by atoms with E-state index in [1.54, 1.807) is 12.8 Å². The van der Waals surface area contributed by atoms with E-state index >= 15 is 0 Å². The third-order valence-electron chi connectivity index (χ3n) is 7.84. The van der Waals surface area contributed by atoms with Gasteiger partial charge in [0.25, 0.3) is 0 Å². The molecule has 0 spiro atoms. The normalized spacial score (nSPS) is 55.3. The van der Waals surface area contributed by atoms with Gasteiger partial charge in [0.15, 0.2) is 0 Å². The second kappa shape index (κ2) is 4.76. The van der Waals surface area contributed by atoms with Crippen LogP contribution in [0.1, 0.15) is 52.4 Å². The monoisotopic (exact) mass is 261 g/mol. The maximum Gasteiger partial charge on any atom is -0.00151 e. The van der Waals surface area contributed by atoms with Crippen LogP contribution in [0.25, 0.3) is 0 Å². The van der Waals surface area contributed by atoms with Crippen molar-refractivity contribution in [3.8, 4) is 0 Å². The van der Waals surface area contributed by atoms with Gasteiger partial charge < -0.3 is 5.32 Å². The lowest BCUT2D eigenvalue weighted by molar-refractivity contribution is 0.202. The first kappa shape index (κ1) is 12.7. The second-order valence-corrected chi connectivity index (χ2v) is 8.37. The van der Waals surface area contributed by atoms with Gasteiger partial charge in [0.05, 0.1) is 0 Å². The Hall–Kier alpha value is -0.0400. The van der Waals surface area contributed by atoms with Gasteiger partial charge in [0.1, 0.15) is 0 Å². The van der Waals surface area contributed by atoms with Gasteiger partial charge in [-0.15, -0.1) is 0 Å². The van der Waals surface area contributed by atoms with Gasteiger partial charge in [0.2, 0.25) is 0 Å². The van der Waals surface area contributed by atoms with Gasteiger partial charge in [-0.3, -0.25) is 0 Å². The van der Waals surface area contributed by atoms with E-state index in [2.05, 4.69) is 19.2 Å². The van der Waals surface area contributed by atoms with E-state index in [4.69, 9.17) is 0 Å². The first-order chi connectivity index (χ1) is 9.24. The van der Waals surface area contributed by atoms with Gasteiger partial charge in [-0.2, -0.15) is 0 Å². The molecule has 4 aliphatic rings. The molecule has 4 rings (SSSR count). The third-order valence-corrected chi connectivity index (χ3v) is 7.84. The number of hydrogen-bond acceptors (Lipinski definition) is 1. The fraction of sp³-hybridized carbons (Fsp3) is 1.00. The van der Waals surface area contributed by atoms with Gasteiger partial charge in [0, 0.05) is 0 Å². The fourth-order valence-corrected chi connectivity index (χ4v) is 6.52. The Labute approximate surface area is 118 Å². The van der Waals surface area contributed by atoms with E-state index in [1.807, 2.05) is 0 Å². The summed E-state index contributed by atoms with van der Waals surface area (Å²) in [7, 11) is 0. The molecule has 4 fully saturated rings. The van der Waals surface area contributed by atoms with Crippen LogP contribution in [-0.2, 0) is 0 Å². The molecule has 4 aliphatic carbocycles. The maximum atomic E-state index is 3.90. The standard InChI is InChI=1S/C18H31N/c1-11-13-3-5-15(7-13)17(11)9-19-10-18-12(2)14-4-6-16(18)8-14/h11-19H,3-10H2,1-2H3/t11-,12-,13-,14+,15-,16+,17-,18-/m1/s1. The van der Waals surface area contributed by atoms with E-state index in [9.17, 15) is 0 Å². The number of hydrogen-bond donors (Lipinski definition) is 1. The van der Waals surface area contributed by atoms with Crippen molar-refractivity contribution in [1.29, 1.82) is 0 Å². The summed E-state index contributed by atoms with van der Waals surface area (Å²) in [6.45, 7) is 7.69. The molecule has 0 heterocycles. The van der Waals surface area contributed by atoms with Crippen molar-refractivity contribution in [1.82, 2.24) is 5.32 Å². The minimum atomic E-state index is 1.00. The number of nitrogens with one attached hydrogen (secondary N) is 1. The summed E-state index contributed by atoms with van der Waals surface area (Å²) in [5.74, 6) is 8.33. The lowest BCUT2D eigenvalue weighted by atomic mass is 9.79. The molecule has 1 heteroatoms. The van der Waals surface area contributed by atoms with Crippen molar-refractivity contribution in [2.75, 3.05) is 13.1 Å². The Morgan fingerprint density at radius 2 is 1.11 bits per heavy atom. The Balaban J connectivity index is 1.28. The smallest absolute Gasteiger partial charge is 0.00151 e. The quantitative estimate of drug-likeness (QED) is 0.808. The predicted molar refractivity (Wildman–Crippen MR) is 79.8 cm³/mol. The van der Waals surface area contributed by atoms with Crippen LogP contribution >= 0.6 is 0 Å². The summed E-state index contributed by atoms with van der Waals surface area (Å²) in [5.41, 5.74) is 0. The molecule has 0 aromatic heterocycles. The van der Waals surface area contributed by atoms with Crippen LogP contribution in [0, 0.1) is 47.3 Å². The highest BCUT2D eigenvalue weighted by atomic mass is 14.9. The lowest BCUT2D eigenvalue weighted by Crippen LogP contribution is -2.36. The number of fused-ring (bicyclic) bond motifs is 4. The summed E-state index contributed by atoms with van der Waals surface area (Å²) >= 11 is 0. The molecule has 0 unspecified atom stereocenters. The SMILES string of the molecule is C[C@@H]1[C@@H]2CC[C@H](C2)[C@@H]1CNC[C@H]1[C@H]2CC[C@@H](C2)[C@H]1C. The number of rotatable bonds is 4. The van der Waals surface area contributed by atoms with Gasteiger partial charge in [-0.25, -0.2) is 0 Å². The van der Waals surface area contributed by atoms with Crippen LogP contribution in [0.15, 0.2) is 0 Å². The van der Waals surface area contributed by atoms with Crippen LogP contribution in [0.4, 0.5) is 0 Å². The molecule has 0 saturated heterocycles. The van der Waals surface area contributed by atoms with Crippen LogP contribution in [0.2, 0.25) is 0 Å². The Kier molecular flexibility index (Phi) is 3.17. The summed E-state index contributed by atoms with van der Waals surface area (Å²) in [6.07, 6.45) is 9.24. The molecule has 0 radical (unpaired) electrons. The zero-order valence-corrected chi connectivity index (χ0v) is 12.8. The Morgan fingerprint density at radius 1 is 0.684 bits per heavy atom. The molecule has 0 aromatic rings. The van der Waals surface area contributed by atoms with Gasteiger partial charge in [-0.05, 0) is 99.0 Å². The molecule has 0 aliphatic heterocycles. The lowest BCUT2D eigenvalue weighted by Gasteiger charge is -2.32. The van der Waals surface area contributed by atoms with E-state index < -0.39 is 0 Å². The van der Waals surface area contributed by atoms with E-state index in [-0.39, 0.29) is 0 Å². The Bertz CT molecular complexity index is 303. The summed E-state index contributed by atoms with van der Waals surface area (Å²) in [4.78, 5) is 0. The average Bonchev–Trinajstić information content (AvgIpc) is 3.14. The largest absolute Gasteiger partial charge is 0.316 e. The summed E-state index contributed by atoms with van der Waals surface area (Å²) < 4.78 is 0. The van der Waals surface area contributed by atoms with Crippen molar-refractivity contribution >= 4 is 0 Å². The van der Waals surface area contributed by atoms with Gasteiger partial charge in [-0.1, -0.05) is 13.8 Å². The molecule has 4 bridgehead atoms. The van der Waals surface area contributed by atoms with Crippen molar-refractivity contribution in [3.05, 3.63) is 0 Å². The molecule has 108 valence electrons. The van der Waals surface area contributed by atoms with Gasteiger partial charge >= 0.3 is 0 Å². The van der Waals surface area contributed by atoms with E-state index in [0.717, 1.165) is 47.3 Å². The minimum Gasteiger partial charge on any atom is -0.316 e. The highest BCUT2D eigenvalue weighted by molar-refractivity contribution is 4.97. The molecule has 4 saturated carbocycles. The van der Waals surface area contributed by atoms with E-state index in [1.165, 1.54) is 38.8 Å². The minimum absolute atomic E-state index is 1.00. The first-order valence-corrected chi connectivity index (χ1v) is 8.94. The predicted octanol–water partition coefficient (Wildman–Crippen LogP) is 3.94. The zero-order valence-electron chi connectivity index (χ0n) is 12.8. The molecule has 1 N–H and O–H groups in total. The van der Waals surface area contributed by atoms with Crippen molar-refractivity contribution < 1.29 is 0 Å². The van der Waals surface area contributed by atoms with Crippen LogP contribution in [0.5, 0.6) is 0 Å². The highest BCUT2D eigenvalue weighted by Crippen LogP contribution is 2.53. The first-order valence-electron chi connectivity index (χ1n) is 8.94. The third kappa shape index (κ3) is 1.99. The molecule has 0 amide bonds. The summed E-state index contributed by atoms with van der Waals surface area (Å²) in [6, 6.07) is 0. The Morgan fingerprint density at radius 3 is 1.47 bits per heavy atom. The van der Waals surface area contributed by atoms with Crippen LogP contribution < -0.4 is 5.32 Å². The molecule has 19 heavy (non-hydrogen) atoms. The van der Waals surface area contributed by atoms with Crippen molar-refractivity contribution in [2.45, 2.75) is 52.4 Å². The molecular weight excluding hydrogens is 230 g/mol. The molecular formula is C18H31N. The topological polar surface area (TPSA) is 12.0 Å². The van der Waals surface area contributed by atoms with Crippen LogP contribution in [-0.4, -0.2) is 13.1 Å². The fourth-order valence-electron chi connectivity index (χ4n) is 6.52. The molecule has 8 atom stereocenters. The highest BCUT2D eigenvalue weighted by Gasteiger charge is 2.46. The zero-order chi connectivity index (χ0) is 13.0.